The normalized spacial score (nSPS) is 13.5. The molecule has 6 heterocycles. The van der Waals surface area contributed by atoms with Crippen LogP contribution in [0, 0.1) is 0 Å². The third-order valence-electron chi connectivity index (χ3n) is 20.3. The van der Waals surface area contributed by atoms with E-state index in [1.54, 1.807) is 0 Å². The van der Waals surface area contributed by atoms with Gasteiger partial charge in [0.25, 0.3) is 0 Å². The fourth-order valence-electron chi connectivity index (χ4n) is 15.8. The number of fused-ring (bicyclic) bond motifs is 18. The van der Waals surface area contributed by atoms with Gasteiger partial charge in [0, 0.05) is 92.5 Å². The maximum absolute atomic E-state index is 5.26. The van der Waals surface area contributed by atoms with Crippen molar-refractivity contribution in [3.8, 4) is 73.5 Å². The zero-order valence-electron chi connectivity index (χ0n) is 52.2. The van der Waals surface area contributed by atoms with Crippen LogP contribution in [-0.4, -0.2) is 33.6 Å². The first-order valence-electron chi connectivity index (χ1n) is 32.3. The zero-order chi connectivity index (χ0) is 62.6. The molecule has 0 aliphatic heterocycles. The molecule has 94 heavy (non-hydrogen) atoms. The monoisotopic (exact) mass is 1220 g/mol. The second kappa shape index (κ2) is 20.5. The number of aromatic nitrogens is 7. The van der Waals surface area contributed by atoms with Crippen molar-refractivity contribution in [3.63, 3.8) is 0 Å². The van der Waals surface area contributed by atoms with Crippen molar-refractivity contribution in [1.82, 2.24) is 33.6 Å². The van der Waals surface area contributed by atoms with E-state index in [1.807, 2.05) is 35.9 Å². The van der Waals surface area contributed by atoms with Crippen LogP contribution in [0.1, 0.15) is 49.9 Å². The first-order chi connectivity index (χ1) is 46.1. The largest absolute Gasteiger partial charge is 0.309 e. The number of thiophene rings is 1. The number of benzene rings is 12. The Morgan fingerprint density at radius 2 is 0.734 bits per heavy atom. The molecule has 0 unspecified atom stereocenters. The molecular formula is C86H59N7S. The Bertz CT molecular complexity index is 6190. The van der Waals surface area contributed by atoms with E-state index in [0.717, 1.165) is 55.8 Å². The summed E-state index contributed by atoms with van der Waals surface area (Å²) in [4.78, 5) is 20.3. The van der Waals surface area contributed by atoms with Crippen molar-refractivity contribution < 1.29 is 0 Å². The molecule has 20 rings (SSSR count). The van der Waals surface area contributed by atoms with Gasteiger partial charge in [-0.25, -0.2) is 19.9 Å². The number of hydrogen-bond donors (Lipinski definition) is 0. The summed E-state index contributed by atoms with van der Waals surface area (Å²) in [6.45, 7) is 9.33. The van der Waals surface area contributed by atoms with E-state index in [9.17, 15) is 0 Å². The minimum atomic E-state index is -0.100. The van der Waals surface area contributed by atoms with Gasteiger partial charge in [-0.05, 0) is 141 Å². The quantitative estimate of drug-likeness (QED) is 0.166. The Morgan fingerprint density at radius 1 is 0.287 bits per heavy atom. The highest BCUT2D eigenvalue weighted by molar-refractivity contribution is 7.26. The minimum absolute atomic E-state index is 0.0954. The zero-order valence-corrected chi connectivity index (χ0v) is 53.0. The molecule has 6 aromatic heterocycles. The second-order valence-electron chi connectivity index (χ2n) is 26.1. The summed E-state index contributed by atoms with van der Waals surface area (Å²) < 4.78 is 9.47. The van der Waals surface area contributed by atoms with Crippen LogP contribution in [0.25, 0.3) is 159 Å². The highest BCUT2D eigenvalue weighted by Crippen LogP contribution is 2.53. The highest BCUT2D eigenvalue weighted by atomic mass is 32.1. The fraction of sp³-hybridized carbons (Fsp3) is 0.0698. The average Bonchev–Trinajstić information content (AvgIpc) is 1.56. The predicted octanol–water partition coefficient (Wildman–Crippen LogP) is 22.2. The van der Waals surface area contributed by atoms with Gasteiger partial charge in [-0.2, -0.15) is 0 Å². The summed E-state index contributed by atoms with van der Waals surface area (Å²) in [5.74, 6) is 1.35. The molecule has 12 aromatic carbocycles. The van der Waals surface area contributed by atoms with E-state index < -0.39 is 0 Å². The van der Waals surface area contributed by atoms with Gasteiger partial charge < -0.3 is 4.57 Å². The first kappa shape index (κ1) is 54.2. The smallest absolute Gasteiger partial charge is 0.235 e. The van der Waals surface area contributed by atoms with Gasteiger partial charge in [-0.15, -0.1) is 11.3 Å². The summed E-state index contributed by atoms with van der Waals surface area (Å²) in [7, 11) is 0. The Morgan fingerprint density at radius 3 is 1.34 bits per heavy atom. The topological polar surface area (TPSA) is 66.3 Å². The Balaban J connectivity index is 0.000000133. The predicted molar refractivity (Wildman–Crippen MR) is 391 cm³/mol. The lowest BCUT2D eigenvalue weighted by molar-refractivity contribution is 0.660. The summed E-state index contributed by atoms with van der Waals surface area (Å²) >= 11 is 1.86. The number of para-hydroxylation sites is 4. The molecule has 2 aliphatic rings. The van der Waals surface area contributed by atoms with Gasteiger partial charge in [0.1, 0.15) is 0 Å². The van der Waals surface area contributed by atoms with Crippen molar-refractivity contribution in [2.75, 3.05) is 0 Å². The van der Waals surface area contributed by atoms with Crippen molar-refractivity contribution in [2.45, 2.75) is 38.5 Å². The van der Waals surface area contributed by atoms with Gasteiger partial charge in [0.15, 0.2) is 0 Å². The van der Waals surface area contributed by atoms with E-state index in [2.05, 4.69) is 302 Å². The average molecular weight is 1220 g/mol. The molecular weight excluding hydrogens is 1160 g/mol. The van der Waals surface area contributed by atoms with Gasteiger partial charge in [-0.1, -0.05) is 216 Å². The molecule has 444 valence electrons. The van der Waals surface area contributed by atoms with E-state index in [1.165, 1.54) is 114 Å². The van der Waals surface area contributed by atoms with E-state index >= 15 is 0 Å². The van der Waals surface area contributed by atoms with Crippen LogP contribution in [0.3, 0.4) is 0 Å². The molecule has 0 bridgehead atoms. The Hall–Kier alpha value is -11.6. The third kappa shape index (κ3) is 8.02. The minimum Gasteiger partial charge on any atom is -0.309 e. The molecule has 18 aromatic rings. The molecule has 8 heteroatoms. The second-order valence-corrected chi connectivity index (χ2v) is 27.2. The van der Waals surface area contributed by atoms with Crippen LogP contribution < -0.4 is 0 Å². The van der Waals surface area contributed by atoms with Gasteiger partial charge in [0.05, 0.1) is 44.5 Å². The molecule has 0 saturated carbocycles. The summed E-state index contributed by atoms with van der Waals surface area (Å²) in [5, 5.41) is 9.94. The maximum Gasteiger partial charge on any atom is 0.235 e. The lowest BCUT2D eigenvalue weighted by atomic mass is 9.82. The number of nitrogens with zero attached hydrogens (tertiary/aromatic N) is 7. The van der Waals surface area contributed by atoms with Crippen LogP contribution in [-0.2, 0) is 10.8 Å². The molecule has 0 saturated heterocycles. The van der Waals surface area contributed by atoms with Crippen molar-refractivity contribution in [1.29, 1.82) is 0 Å². The molecule has 0 atom stereocenters. The van der Waals surface area contributed by atoms with E-state index in [0.29, 0.717) is 11.9 Å². The molecule has 2 aliphatic carbocycles. The Kier molecular flexibility index (Phi) is 11.8. The van der Waals surface area contributed by atoms with Crippen LogP contribution in [0.4, 0.5) is 0 Å². The molecule has 0 spiro atoms. The van der Waals surface area contributed by atoms with Crippen LogP contribution in [0.2, 0.25) is 0 Å². The SMILES string of the molecule is CC1(C)c2ccccc2-c2cc3c4ccccc4n(-c4nccc(-c5ccc6c7ccccc7n(-c7ccccc7)c6c5)n4)c3cc21.CC1(C)c2ccccc2-c2cc3c4ccccc4n(-c4nccc(-c5cccc(-c6cccc7c6sc6ccccc67)c5)n4)c3cc21. The van der Waals surface area contributed by atoms with Gasteiger partial charge >= 0.3 is 0 Å². The first-order valence-corrected chi connectivity index (χ1v) is 33.1. The third-order valence-corrected chi connectivity index (χ3v) is 21.5. The van der Waals surface area contributed by atoms with Crippen LogP contribution in [0.5, 0.6) is 0 Å². The molecule has 7 nitrogen and oxygen atoms in total. The van der Waals surface area contributed by atoms with E-state index in [-0.39, 0.29) is 10.8 Å². The maximum atomic E-state index is 5.26. The fourth-order valence-corrected chi connectivity index (χ4v) is 17.0. The molecule has 0 fully saturated rings. The van der Waals surface area contributed by atoms with Gasteiger partial charge in [0.2, 0.25) is 11.9 Å². The molecule has 0 N–H and O–H groups in total. The van der Waals surface area contributed by atoms with Gasteiger partial charge in [-0.3, -0.25) is 9.13 Å². The number of rotatable bonds is 6. The summed E-state index contributed by atoms with van der Waals surface area (Å²) in [6.07, 6.45) is 3.78. The lowest BCUT2D eigenvalue weighted by Gasteiger charge is -2.21. The standard InChI is InChI=1S/C43H30N4.C43H29N3S/c1-43(2)35-17-9-6-14-29(35)33-25-34-31-16-8-11-19-39(31)47(41(34)26-36(33)43)42-44-23-22-37(45-42)27-20-21-32-30-15-7-10-18-38(30)46(40(32)24-27)28-12-4-3-5-13-28;1-43(2)35-18-6-3-13-29(35)33-24-34-30-14-4-7-19-38(30)46(39(34)25-36(33)43)42-44-22-21-37(45-42)27-12-9-11-26(23-27)28-16-10-17-32-31-15-5-8-20-40(31)47-41(28)32/h3-26H,1-2H3;3-25H,1-2H3. The molecule has 0 radical (unpaired) electrons. The highest BCUT2D eigenvalue weighted by Gasteiger charge is 2.38. The molecule has 0 amide bonds. The summed E-state index contributed by atoms with van der Waals surface area (Å²) in [6, 6.07) is 98.5. The number of hydrogen-bond acceptors (Lipinski definition) is 5. The van der Waals surface area contributed by atoms with Crippen LogP contribution >= 0.6 is 11.3 Å². The van der Waals surface area contributed by atoms with E-state index in [4.69, 9.17) is 19.9 Å². The Labute approximate surface area is 546 Å². The van der Waals surface area contributed by atoms with Crippen LogP contribution in [0.15, 0.2) is 285 Å². The van der Waals surface area contributed by atoms with Crippen molar-refractivity contribution >= 4 is 96.9 Å². The lowest BCUT2D eigenvalue weighted by Crippen LogP contribution is -2.15. The summed E-state index contributed by atoms with van der Waals surface area (Å²) in [5.41, 5.74) is 24.9. The van der Waals surface area contributed by atoms with Crippen molar-refractivity contribution in [3.05, 3.63) is 308 Å². The van der Waals surface area contributed by atoms with Crippen molar-refractivity contribution in [2.24, 2.45) is 0 Å².